The first-order valence-corrected chi connectivity index (χ1v) is 11.4. The van der Waals surface area contributed by atoms with Crippen LogP contribution in [0.3, 0.4) is 0 Å². The van der Waals surface area contributed by atoms with Gasteiger partial charge in [-0.1, -0.05) is 24.3 Å². The van der Waals surface area contributed by atoms with E-state index in [4.69, 9.17) is 0 Å². The first-order chi connectivity index (χ1) is 12.7. The molecular weight excluding hydrogens is 380 g/mol. The number of nitrogens with zero attached hydrogens (tertiary/aromatic N) is 2. The second kappa shape index (κ2) is 7.40. The van der Waals surface area contributed by atoms with Gasteiger partial charge in [0.15, 0.2) is 14.6 Å². The third-order valence-corrected chi connectivity index (χ3v) is 6.60. The average Bonchev–Trinajstić information content (AvgIpc) is 2.91. The Labute approximate surface area is 162 Å². The number of aromatic nitrogens is 1. The van der Waals surface area contributed by atoms with E-state index in [1.54, 1.807) is 12.1 Å². The summed E-state index contributed by atoms with van der Waals surface area (Å²) in [6, 6.07) is 10.3. The van der Waals surface area contributed by atoms with Crippen LogP contribution < -0.4 is 4.80 Å². The van der Waals surface area contributed by atoms with E-state index in [0.29, 0.717) is 4.80 Å². The third-order valence-electron chi connectivity index (χ3n) is 4.45. The summed E-state index contributed by atoms with van der Waals surface area (Å²) < 4.78 is 26.6. The third kappa shape index (κ3) is 4.04. The van der Waals surface area contributed by atoms with Crippen molar-refractivity contribution in [1.82, 2.24) is 4.57 Å². The van der Waals surface area contributed by atoms with Crippen LogP contribution in [0.4, 0.5) is 0 Å². The minimum Gasteiger partial charge on any atom is -0.316 e. The molecule has 0 saturated heterocycles. The van der Waals surface area contributed by atoms with Crippen molar-refractivity contribution in [2.24, 2.45) is 4.99 Å². The van der Waals surface area contributed by atoms with E-state index in [1.165, 1.54) is 34.6 Å². The van der Waals surface area contributed by atoms with Crippen LogP contribution in [0, 0.1) is 13.8 Å². The molecule has 1 aromatic heterocycles. The number of rotatable bonds is 4. The molecule has 0 aliphatic rings. The summed E-state index contributed by atoms with van der Waals surface area (Å²) in [5.74, 6) is -0.439. The highest BCUT2D eigenvalue weighted by molar-refractivity contribution is 7.90. The topological polar surface area (TPSA) is 68.5 Å². The van der Waals surface area contributed by atoms with Crippen molar-refractivity contribution in [3.63, 3.8) is 0 Å². The molecule has 7 heteroatoms. The van der Waals surface area contributed by atoms with E-state index in [2.05, 4.69) is 42.5 Å². The van der Waals surface area contributed by atoms with Gasteiger partial charge in [0.2, 0.25) is 0 Å². The number of benzene rings is 2. The van der Waals surface area contributed by atoms with Crippen LogP contribution in [0.2, 0.25) is 0 Å². The van der Waals surface area contributed by atoms with Crippen molar-refractivity contribution in [2.75, 3.05) is 6.26 Å². The lowest BCUT2D eigenvalue weighted by Gasteiger charge is -2.05. The van der Waals surface area contributed by atoms with Crippen molar-refractivity contribution in [1.29, 1.82) is 0 Å². The predicted molar refractivity (Wildman–Crippen MR) is 109 cm³/mol. The lowest BCUT2D eigenvalue weighted by molar-refractivity contribution is 0.0997. The Kier molecular flexibility index (Phi) is 5.35. The zero-order chi connectivity index (χ0) is 19.8. The molecule has 0 N–H and O–H groups in total. The number of aryl methyl sites for hydroxylation is 3. The molecular formula is C20H22N2O3S2. The summed E-state index contributed by atoms with van der Waals surface area (Å²) >= 11 is 1.48. The number of sulfone groups is 1. The van der Waals surface area contributed by atoms with Crippen LogP contribution in [-0.2, 0) is 16.4 Å². The standard InChI is InChI=1S/C20H22N2O3S2/c1-5-9-22-17-10-13(2)14(3)11-18(17)26-20(22)21-19(23)15-7-6-8-16(12-15)27(4,24)25/h6-8,10-12H,5,9H2,1-4H3. The summed E-state index contributed by atoms with van der Waals surface area (Å²) in [6.07, 6.45) is 2.04. The smallest absolute Gasteiger partial charge is 0.279 e. The van der Waals surface area contributed by atoms with Gasteiger partial charge in [-0.15, -0.1) is 0 Å². The zero-order valence-electron chi connectivity index (χ0n) is 15.8. The highest BCUT2D eigenvalue weighted by Gasteiger charge is 2.13. The Morgan fingerprint density at radius 2 is 1.85 bits per heavy atom. The lowest BCUT2D eigenvalue weighted by atomic mass is 10.1. The highest BCUT2D eigenvalue weighted by Crippen LogP contribution is 2.22. The maximum atomic E-state index is 12.7. The molecule has 0 radical (unpaired) electrons. The highest BCUT2D eigenvalue weighted by atomic mass is 32.2. The molecule has 0 spiro atoms. The molecule has 0 aliphatic carbocycles. The Bertz CT molecular complexity index is 1200. The number of hydrogen-bond acceptors (Lipinski definition) is 4. The van der Waals surface area contributed by atoms with E-state index in [-0.39, 0.29) is 10.5 Å². The number of carbonyl (C=O) groups is 1. The largest absolute Gasteiger partial charge is 0.316 e. The van der Waals surface area contributed by atoms with E-state index in [9.17, 15) is 13.2 Å². The van der Waals surface area contributed by atoms with E-state index in [0.717, 1.165) is 29.4 Å². The number of fused-ring (bicyclic) bond motifs is 1. The SMILES string of the molecule is CCCn1c(=NC(=O)c2cccc(S(C)(=O)=O)c2)sc2cc(C)c(C)cc21. The van der Waals surface area contributed by atoms with Crippen molar-refractivity contribution in [3.8, 4) is 0 Å². The molecule has 0 aliphatic heterocycles. The first-order valence-electron chi connectivity index (χ1n) is 8.70. The fourth-order valence-corrected chi connectivity index (χ4v) is 4.66. The van der Waals surface area contributed by atoms with Gasteiger partial charge in [0.05, 0.1) is 15.1 Å². The molecule has 142 valence electrons. The second-order valence-electron chi connectivity index (χ2n) is 6.66. The second-order valence-corrected chi connectivity index (χ2v) is 9.68. The van der Waals surface area contributed by atoms with Gasteiger partial charge in [-0.3, -0.25) is 4.79 Å². The fourth-order valence-electron chi connectivity index (χ4n) is 2.86. The Morgan fingerprint density at radius 3 is 2.52 bits per heavy atom. The van der Waals surface area contributed by atoms with Crippen molar-refractivity contribution in [3.05, 3.63) is 57.9 Å². The molecule has 2 aromatic carbocycles. The van der Waals surface area contributed by atoms with E-state index in [1.807, 2.05) is 0 Å². The van der Waals surface area contributed by atoms with Crippen molar-refractivity contribution >= 4 is 37.3 Å². The van der Waals surface area contributed by atoms with Gasteiger partial charge in [0.1, 0.15) is 0 Å². The van der Waals surface area contributed by atoms with Gasteiger partial charge in [0, 0.05) is 18.4 Å². The summed E-state index contributed by atoms with van der Waals surface area (Å²) in [7, 11) is -3.38. The molecule has 5 nitrogen and oxygen atoms in total. The molecule has 0 fully saturated rings. The normalized spacial score (nSPS) is 12.7. The summed E-state index contributed by atoms with van der Waals surface area (Å²) in [6.45, 7) is 6.98. The number of carbonyl (C=O) groups excluding carboxylic acids is 1. The number of thiazole rings is 1. The molecule has 0 bridgehead atoms. The number of amides is 1. The Balaban J connectivity index is 2.15. The van der Waals surface area contributed by atoms with Crippen LogP contribution in [0.15, 0.2) is 46.3 Å². The van der Waals surface area contributed by atoms with E-state index < -0.39 is 15.7 Å². The zero-order valence-corrected chi connectivity index (χ0v) is 17.4. The predicted octanol–water partition coefficient (Wildman–Crippen LogP) is 3.87. The maximum absolute atomic E-state index is 12.7. The summed E-state index contributed by atoms with van der Waals surface area (Å²) in [5.41, 5.74) is 3.74. The van der Waals surface area contributed by atoms with Gasteiger partial charge in [-0.05, 0) is 61.7 Å². The monoisotopic (exact) mass is 402 g/mol. The van der Waals surface area contributed by atoms with Crippen LogP contribution in [0.1, 0.15) is 34.8 Å². The molecule has 1 heterocycles. The molecule has 0 atom stereocenters. The Morgan fingerprint density at radius 1 is 1.15 bits per heavy atom. The van der Waals surface area contributed by atoms with Crippen LogP contribution in [0.25, 0.3) is 10.2 Å². The molecule has 0 saturated carbocycles. The summed E-state index contributed by atoms with van der Waals surface area (Å²) in [4.78, 5) is 17.8. The lowest BCUT2D eigenvalue weighted by Crippen LogP contribution is -2.17. The molecule has 27 heavy (non-hydrogen) atoms. The van der Waals surface area contributed by atoms with Gasteiger partial charge < -0.3 is 4.57 Å². The van der Waals surface area contributed by atoms with Crippen molar-refractivity contribution < 1.29 is 13.2 Å². The molecule has 3 aromatic rings. The Hall–Kier alpha value is -2.25. The van der Waals surface area contributed by atoms with Crippen LogP contribution in [-0.4, -0.2) is 25.1 Å². The minimum atomic E-state index is -3.38. The fraction of sp³-hybridized carbons (Fsp3) is 0.300. The average molecular weight is 403 g/mol. The molecule has 3 rings (SSSR count). The van der Waals surface area contributed by atoms with E-state index >= 15 is 0 Å². The van der Waals surface area contributed by atoms with Gasteiger partial charge in [-0.2, -0.15) is 4.99 Å². The van der Waals surface area contributed by atoms with Crippen molar-refractivity contribution in [2.45, 2.75) is 38.6 Å². The maximum Gasteiger partial charge on any atom is 0.279 e. The minimum absolute atomic E-state index is 0.118. The quantitative estimate of drug-likeness (QED) is 0.665. The van der Waals surface area contributed by atoms with Crippen LogP contribution in [0.5, 0.6) is 0 Å². The molecule has 1 amide bonds. The summed E-state index contributed by atoms with van der Waals surface area (Å²) in [5, 5.41) is 0. The van der Waals surface area contributed by atoms with Crippen LogP contribution >= 0.6 is 11.3 Å². The van der Waals surface area contributed by atoms with Gasteiger partial charge >= 0.3 is 0 Å². The van der Waals surface area contributed by atoms with Gasteiger partial charge in [-0.25, -0.2) is 8.42 Å². The molecule has 0 unspecified atom stereocenters. The first kappa shape index (κ1) is 19.5. The number of hydrogen-bond donors (Lipinski definition) is 0. The van der Waals surface area contributed by atoms with Gasteiger partial charge in [0.25, 0.3) is 5.91 Å².